The van der Waals surface area contributed by atoms with Gasteiger partial charge in [-0.1, -0.05) is 61.2 Å². The fourth-order valence-electron chi connectivity index (χ4n) is 2.81. The van der Waals surface area contributed by atoms with Crippen LogP contribution in [0.3, 0.4) is 0 Å². The third-order valence-corrected chi connectivity index (χ3v) is 6.13. The van der Waals surface area contributed by atoms with E-state index in [4.69, 9.17) is 12.2 Å². The summed E-state index contributed by atoms with van der Waals surface area (Å²) >= 11 is 6.87. The molecule has 0 saturated carbocycles. The van der Waals surface area contributed by atoms with E-state index in [-0.39, 0.29) is 5.91 Å². The molecule has 3 rings (SSSR count). The zero-order valence-corrected chi connectivity index (χ0v) is 16.6. The second-order valence-electron chi connectivity index (χ2n) is 6.28. The Morgan fingerprint density at radius 1 is 1.08 bits per heavy atom. The van der Waals surface area contributed by atoms with Gasteiger partial charge in [-0.15, -0.1) is 0 Å². The molecule has 2 aromatic rings. The molecule has 0 radical (unpaired) electrons. The summed E-state index contributed by atoms with van der Waals surface area (Å²) in [6.07, 6.45) is 0.977. The number of thiocarbonyl (C=S) groups is 1. The molecular weight excluding hydrogens is 346 g/mol. The van der Waals surface area contributed by atoms with Crippen molar-refractivity contribution in [1.82, 2.24) is 0 Å². The molecule has 1 aliphatic heterocycles. The zero-order valence-electron chi connectivity index (χ0n) is 14.9. The summed E-state index contributed by atoms with van der Waals surface area (Å²) in [6, 6.07) is 14.3. The first kappa shape index (κ1) is 17.9. The van der Waals surface area contributed by atoms with E-state index in [0.29, 0.717) is 9.23 Å². The number of carbonyl (C=O) groups is 1. The molecule has 1 saturated heterocycles. The van der Waals surface area contributed by atoms with Crippen LogP contribution in [0, 0.1) is 13.8 Å². The number of aryl methyl sites for hydroxylation is 3. The largest absolute Gasteiger partial charge is 0.271 e. The Morgan fingerprint density at radius 3 is 2.36 bits per heavy atom. The molecule has 1 heterocycles. The van der Waals surface area contributed by atoms with Gasteiger partial charge in [-0.05, 0) is 67.2 Å². The summed E-state index contributed by atoms with van der Waals surface area (Å²) < 4.78 is 0.590. The third-order valence-electron chi connectivity index (χ3n) is 4.65. The van der Waals surface area contributed by atoms with Crippen LogP contribution < -0.4 is 4.90 Å². The van der Waals surface area contributed by atoms with Gasteiger partial charge < -0.3 is 0 Å². The van der Waals surface area contributed by atoms with Crippen LogP contribution in [0.2, 0.25) is 0 Å². The number of thioether (sulfide) groups is 1. The van der Waals surface area contributed by atoms with Crippen LogP contribution in [0.25, 0.3) is 5.57 Å². The Bertz CT molecular complexity index is 881. The second-order valence-corrected chi connectivity index (χ2v) is 7.93. The van der Waals surface area contributed by atoms with Gasteiger partial charge in [0.15, 0.2) is 4.32 Å². The van der Waals surface area contributed by atoms with Crippen molar-refractivity contribution < 1.29 is 4.79 Å². The first-order chi connectivity index (χ1) is 11.9. The molecule has 0 aromatic heterocycles. The maximum absolute atomic E-state index is 13.0. The van der Waals surface area contributed by atoms with Crippen molar-refractivity contribution in [2.75, 3.05) is 4.90 Å². The van der Waals surface area contributed by atoms with Gasteiger partial charge in [-0.25, -0.2) is 0 Å². The van der Waals surface area contributed by atoms with E-state index in [2.05, 4.69) is 39.0 Å². The predicted molar refractivity (Wildman–Crippen MR) is 112 cm³/mol. The van der Waals surface area contributed by atoms with E-state index in [9.17, 15) is 4.79 Å². The minimum atomic E-state index is -0.0324. The van der Waals surface area contributed by atoms with E-state index < -0.39 is 0 Å². The first-order valence-corrected chi connectivity index (χ1v) is 9.58. The van der Waals surface area contributed by atoms with Gasteiger partial charge in [0.05, 0.1) is 10.6 Å². The molecule has 25 heavy (non-hydrogen) atoms. The summed E-state index contributed by atoms with van der Waals surface area (Å²) in [5, 5.41) is 0. The Morgan fingerprint density at radius 2 is 1.76 bits per heavy atom. The number of hydrogen-bond acceptors (Lipinski definition) is 3. The fraction of sp³-hybridized carbons (Fsp3) is 0.238. The molecule has 128 valence electrons. The zero-order chi connectivity index (χ0) is 18.1. The maximum Gasteiger partial charge on any atom is 0.271 e. The van der Waals surface area contributed by atoms with Crippen molar-refractivity contribution in [3.05, 3.63) is 69.6 Å². The van der Waals surface area contributed by atoms with Crippen LogP contribution in [-0.4, -0.2) is 10.2 Å². The van der Waals surface area contributed by atoms with Crippen molar-refractivity contribution >= 4 is 45.5 Å². The number of nitrogens with zero attached hydrogens (tertiary/aromatic N) is 1. The van der Waals surface area contributed by atoms with Crippen molar-refractivity contribution in [2.24, 2.45) is 0 Å². The van der Waals surface area contributed by atoms with Gasteiger partial charge in [-0.3, -0.25) is 9.69 Å². The molecule has 1 aliphatic rings. The molecule has 0 aliphatic carbocycles. The third kappa shape index (κ3) is 3.42. The predicted octanol–water partition coefficient (Wildman–Crippen LogP) is 5.66. The lowest BCUT2D eigenvalue weighted by Crippen LogP contribution is -2.27. The number of allylic oxidation sites excluding steroid dienone is 1. The highest BCUT2D eigenvalue weighted by Crippen LogP contribution is 2.39. The van der Waals surface area contributed by atoms with E-state index in [1.807, 2.05) is 31.2 Å². The number of benzene rings is 2. The summed E-state index contributed by atoms with van der Waals surface area (Å²) in [5.74, 6) is -0.0324. The highest BCUT2D eigenvalue weighted by atomic mass is 32.2. The number of carbonyl (C=O) groups excluding carboxylic acids is 1. The molecule has 0 spiro atoms. The molecule has 2 aromatic carbocycles. The van der Waals surface area contributed by atoms with Crippen molar-refractivity contribution in [1.29, 1.82) is 0 Å². The number of hydrogen-bond donors (Lipinski definition) is 0. The molecule has 2 nitrogen and oxygen atoms in total. The SMILES string of the molecule is CCc1ccc(N2C(=O)/C(=C(\C)c3ccc(C)c(C)c3)SC2=S)cc1. The number of rotatable bonds is 3. The van der Waals surface area contributed by atoms with E-state index in [1.54, 1.807) is 4.90 Å². The fourth-order valence-corrected chi connectivity index (χ4v) is 4.15. The molecule has 1 fully saturated rings. The summed E-state index contributed by atoms with van der Waals surface area (Å²) in [7, 11) is 0. The standard InChI is InChI=1S/C21H21NOS2/c1-5-16-7-10-18(11-8-16)22-20(23)19(25-21(22)24)15(4)17-9-6-13(2)14(3)12-17/h6-12H,5H2,1-4H3/b19-15-. The maximum atomic E-state index is 13.0. The lowest BCUT2D eigenvalue weighted by molar-refractivity contribution is -0.113. The molecule has 0 atom stereocenters. The smallest absolute Gasteiger partial charge is 0.268 e. The van der Waals surface area contributed by atoms with Crippen LogP contribution in [0.15, 0.2) is 47.4 Å². The Kier molecular flexibility index (Phi) is 5.11. The topological polar surface area (TPSA) is 20.3 Å². The molecule has 0 unspecified atom stereocenters. The lowest BCUT2D eigenvalue weighted by atomic mass is 10.0. The monoisotopic (exact) mass is 367 g/mol. The normalized spacial score (nSPS) is 16.6. The minimum absolute atomic E-state index is 0.0324. The van der Waals surface area contributed by atoms with E-state index in [1.165, 1.54) is 28.5 Å². The van der Waals surface area contributed by atoms with Gasteiger partial charge in [0.2, 0.25) is 0 Å². The molecule has 4 heteroatoms. The van der Waals surface area contributed by atoms with Gasteiger partial charge in [0, 0.05) is 0 Å². The van der Waals surface area contributed by atoms with E-state index >= 15 is 0 Å². The number of anilines is 1. The molecule has 0 bridgehead atoms. The number of amides is 1. The Labute approximate surface area is 158 Å². The van der Waals surface area contributed by atoms with E-state index in [0.717, 1.165) is 23.2 Å². The highest BCUT2D eigenvalue weighted by molar-refractivity contribution is 8.27. The van der Waals surface area contributed by atoms with Gasteiger partial charge >= 0.3 is 0 Å². The van der Waals surface area contributed by atoms with Crippen LogP contribution in [0.5, 0.6) is 0 Å². The van der Waals surface area contributed by atoms with Crippen molar-refractivity contribution in [3.8, 4) is 0 Å². The Balaban J connectivity index is 1.97. The highest BCUT2D eigenvalue weighted by Gasteiger charge is 2.34. The van der Waals surface area contributed by atoms with Gasteiger partial charge in [0.25, 0.3) is 5.91 Å². The summed E-state index contributed by atoms with van der Waals surface area (Å²) in [6.45, 7) is 8.29. The molecule has 0 N–H and O–H groups in total. The minimum Gasteiger partial charge on any atom is -0.268 e. The van der Waals surface area contributed by atoms with Crippen LogP contribution in [-0.2, 0) is 11.2 Å². The quantitative estimate of drug-likeness (QED) is 0.515. The van der Waals surface area contributed by atoms with Crippen LogP contribution in [0.4, 0.5) is 5.69 Å². The van der Waals surface area contributed by atoms with Crippen LogP contribution >= 0.6 is 24.0 Å². The second kappa shape index (κ2) is 7.14. The van der Waals surface area contributed by atoms with Crippen molar-refractivity contribution in [2.45, 2.75) is 34.1 Å². The average Bonchev–Trinajstić information content (AvgIpc) is 2.91. The average molecular weight is 368 g/mol. The summed E-state index contributed by atoms with van der Waals surface area (Å²) in [4.78, 5) is 15.4. The van der Waals surface area contributed by atoms with Gasteiger partial charge in [-0.2, -0.15) is 0 Å². The van der Waals surface area contributed by atoms with Gasteiger partial charge in [0.1, 0.15) is 0 Å². The first-order valence-electron chi connectivity index (χ1n) is 8.36. The van der Waals surface area contributed by atoms with Crippen LogP contribution in [0.1, 0.15) is 36.1 Å². The van der Waals surface area contributed by atoms with Crippen molar-refractivity contribution in [3.63, 3.8) is 0 Å². The lowest BCUT2D eigenvalue weighted by Gasteiger charge is -2.15. The Hall–Kier alpha value is -1.91. The molecular formula is C21H21NOS2. The molecule has 1 amide bonds. The summed E-state index contributed by atoms with van der Waals surface area (Å²) in [5.41, 5.74) is 6.61.